The van der Waals surface area contributed by atoms with E-state index in [2.05, 4.69) is 25.7 Å². The normalized spacial score (nSPS) is 16.4. The molecular formula is C27H27ClF3N7O4. The molecule has 0 amide bonds. The third kappa shape index (κ3) is 5.62. The van der Waals surface area contributed by atoms with E-state index in [0.29, 0.717) is 33.5 Å². The van der Waals surface area contributed by atoms with Gasteiger partial charge in [0.1, 0.15) is 5.82 Å². The van der Waals surface area contributed by atoms with Crippen LogP contribution in [0.25, 0.3) is 5.69 Å². The van der Waals surface area contributed by atoms with Crippen molar-refractivity contribution in [1.29, 1.82) is 0 Å². The number of methoxy groups -OCH3 is 2. The van der Waals surface area contributed by atoms with Crippen LogP contribution in [0.15, 0.2) is 36.4 Å². The molecule has 2 aromatic heterocycles. The van der Waals surface area contributed by atoms with E-state index in [1.165, 1.54) is 31.0 Å². The number of benzene rings is 2. The third-order valence-electron chi connectivity index (χ3n) is 7.10. The number of rotatable bonds is 9. The van der Waals surface area contributed by atoms with Crippen LogP contribution in [0.1, 0.15) is 60.2 Å². The minimum Gasteiger partial charge on any atom is -0.493 e. The molecule has 0 bridgehead atoms. The number of carbonyl (C=O) groups is 1. The average Bonchev–Trinajstić information content (AvgIpc) is 3.58. The highest BCUT2D eigenvalue weighted by molar-refractivity contribution is 6.30. The number of carbonyl (C=O) groups excluding carboxylic acids is 1. The van der Waals surface area contributed by atoms with Gasteiger partial charge in [-0.15, -0.1) is 15.3 Å². The molecule has 15 heteroatoms. The van der Waals surface area contributed by atoms with E-state index in [1.54, 1.807) is 25.1 Å². The number of tetrazole rings is 1. The van der Waals surface area contributed by atoms with Crippen molar-refractivity contribution in [3.8, 4) is 17.2 Å². The maximum atomic E-state index is 14.3. The summed E-state index contributed by atoms with van der Waals surface area (Å²) in [6.07, 6.45) is -4.30. The van der Waals surface area contributed by atoms with Crippen molar-refractivity contribution in [2.24, 2.45) is 0 Å². The first kappa shape index (κ1) is 29.3. The van der Waals surface area contributed by atoms with Crippen molar-refractivity contribution in [3.05, 3.63) is 70.0 Å². The van der Waals surface area contributed by atoms with Gasteiger partial charge >= 0.3 is 12.1 Å². The van der Waals surface area contributed by atoms with Gasteiger partial charge in [-0.25, -0.2) is 4.68 Å². The molecule has 5 rings (SSSR count). The Hall–Kier alpha value is -4.20. The van der Waals surface area contributed by atoms with Crippen molar-refractivity contribution in [2.45, 2.75) is 50.7 Å². The molecule has 4 aromatic rings. The number of para-hydroxylation sites is 1. The van der Waals surface area contributed by atoms with E-state index in [4.69, 9.17) is 25.8 Å². The van der Waals surface area contributed by atoms with Crippen LogP contribution in [0.3, 0.4) is 0 Å². The van der Waals surface area contributed by atoms with Crippen LogP contribution in [0.4, 0.5) is 13.2 Å². The summed E-state index contributed by atoms with van der Waals surface area (Å²) in [5.41, 5.74) is 1.46. The lowest BCUT2D eigenvalue weighted by Gasteiger charge is -2.24. The molecule has 2 atom stereocenters. The summed E-state index contributed by atoms with van der Waals surface area (Å²) in [6, 6.07) is 10.1. The molecule has 0 radical (unpaired) electrons. The van der Waals surface area contributed by atoms with Gasteiger partial charge in [0.25, 0.3) is 0 Å². The average molecular weight is 606 g/mol. The van der Waals surface area contributed by atoms with Gasteiger partial charge in [-0.05, 0) is 53.6 Å². The predicted octanol–water partition coefficient (Wildman–Crippen LogP) is 4.76. The molecule has 0 spiro atoms. The van der Waals surface area contributed by atoms with Crippen LogP contribution in [0.5, 0.6) is 11.5 Å². The Morgan fingerprint density at radius 1 is 1.10 bits per heavy atom. The summed E-state index contributed by atoms with van der Waals surface area (Å²) in [5, 5.41) is 19.8. The summed E-state index contributed by atoms with van der Waals surface area (Å²) in [5.74, 6) is -1.36. The number of hydrogen-bond donors (Lipinski definition) is 0. The Morgan fingerprint density at radius 3 is 2.62 bits per heavy atom. The quantitative estimate of drug-likeness (QED) is 0.249. The molecule has 1 aliphatic heterocycles. The Bertz CT molecular complexity index is 1590. The first-order chi connectivity index (χ1) is 20.2. The lowest BCUT2D eigenvalue weighted by Crippen LogP contribution is -2.19. The first-order valence-electron chi connectivity index (χ1n) is 13.1. The fourth-order valence-corrected chi connectivity index (χ4v) is 5.52. The molecule has 0 N–H and O–H groups in total. The second kappa shape index (κ2) is 12.0. The van der Waals surface area contributed by atoms with Crippen LogP contribution in [0, 0.1) is 0 Å². The maximum Gasteiger partial charge on any atom is 0.452 e. The third-order valence-corrected chi connectivity index (χ3v) is 7.33. The predicted molar refractivity (Wildman–Crippen MR) is 143 cm³/mol. The van der Waals surface area contributed by atoms with Gasteiger partial charge < -0.3 is 14.2 Å². The fraction of sp³-hybridized carbons (Fsp3) is 0.407. The SMILES string of the molecule is CCOC(=O)CCc1nnnn1C[C@H]1C[C@H](c2cccc(OC)c2OC)c2cc(Cl)ccc2-n2c1nnc2C(F)(F)F. The second-order valence-corrected chi connectivity index (χ2v) is 10.0. The Morgan fingerprint density at radius 2 is 1.90 bits per heavy atom. The van der Waals surface area contributed by atoms with Gasteiger partial charge in [0.05, 0.1) is 39.5 Å². The molecule has 0 aliphatic carbocycles. The molecule has 11 nitrogen and oxygen atoms in total. The minimum absolute atomic E-state index is 0.0425. The van der Waals surface area contributed by atoms with E-state index in [1.807, 2.05) is 6.07 Å². The van der Waals surface area contributed by atoms with E-state index in [-0.39, 0.29) is 43.9 Å². The Labute approximate surface area is 243 Å². The highest BCUT2D eigenvalue weighted by Crippen LogP contribution is 2.48. The van der Waals surface area contributed by atoms with Crippen molar-refractivity contribution >= 4 is 17.6 Å². The second-order valence-electron chi connectivity index (χ2n) is 9.57. The van der Waals surface area contributed by atoms with Crippen molar-refractivity contribution in [3.63, 3.8) is 0 Å². The summed E-state index contributed by atoms with van der Waals surface area (Å²) >= 11 is 6.41. The summed E-state index contributed by atoms with van der Waals surface area (Å²) < 4.78 is 61.6. The van der Waals surface area contributed by atoms with E-state index < -0.39 is 29.8 Å². The Kier molecular flexibility index (Phi) is 8.34. The zero-order valence-corrected chi connectivity index (χ0v) is 23.7. The number of fused-ring (bicyclic) bond motifs is 3. The first-order valence-corrected chi connectivity index (χ1v) is 13.5. The molecular weight excluding hydrogens is 579 g/mol. The molecule has 0 unspecified atom stereocenters. The summed E-state index contributed by atoms with van der Waals surface area (Å²) in [6.45, 7) is 2.01. The molecule has 42 heavy (non-hydrogen) atoms. The molecule has 222 valence electrons. The lowest BCUT2D eigenvalue weighted by molar-refractivity contribution is -0.146. The van der Waals surface area contributed by atoms with Crippen LogP contribution in [-0.4, -0.2) is 61.8 Å². The minimum atomic E-state index is -4.79. The number of aryl methyl sites for hydroxylation is 1. The highest BCUT2D eigenvalue weighted by Gasteiger charge is 2.43. The van der Waals surface area contributed by atoms with Crippen LogP contribution in [0.2, 0.25) is 5.02 Å². The summed E-state index contributed by atoms with van der Waals surface area (Å²) in [7, 11) is 3.01. The van der Waals surface area contributed by atoms with Crippen molar-refractivity contribution < 1.29 is 32.2 Å². The molecule has 2 aromatic carbocycles. The maximum absolute atomic E-state index is 14.3. The van der Waals surface area contributed by atoms with Gasteiger partial charge in [-0.3, -0.25) is 9.36 Å². The molecule has 0 fully saturated rings. The number of halogens is 4. The Balaban J connectivity index is 1.66. The van der Waals surface area contributed by atoms with Crippen LogP contribution >= 0.6 is 11.6 Å². The number of esters is 1. The number of hydrogen-bond acceptors (Lipinski definition) is 9. The molecule has 0 saturated heterocycles. The van der Waals surface area contributed by atoms with Crippen molar-refractivity contribution in [2.75, 3.05) is 20.8 Å². The van der Waals surface area contributed by atoms with Gasteiger partial charge in [0.2, 0.25) is 5.82 Å². The smallest absolute Gasteiger partial charge is 0.452 e. The number of alkyl halides is 3. The zero-order valence-electron chi connectivity index (χ0n) is 22.9. The van der Waals surface area contributed by atoms with Gasteiger partial charge in [-0.2, -0.15) is 13.2 Å². The highest BCUT2D eigenvalue weighted by atomic mass is 35.5. The van der Waals surface area contributed by atoms with E-state index >= 15 is 0 Å². The topological polar surface area (TPSA) is 119 Å². The fourth-order valence-electron chi connectivity index (χ4n) is 5.34. The number of nitrogens with zero attached hydrogens (tertiary/aromatic N) is 7. The molecule has 1 aliphatic rings. The lowest BCUT2D eigenvalue weighted by atomic mass is 9.83. The molecule has 3 heterocycles. The summed E-state index contributed by atoms with van der Waals surface area (Å²) in [4.78, 5) is 12.0. The van der Waals surface area contributed by atoms with E-state index in [0.717, 1.165) is 4.57 Å². The van der Waals surface area contributed by atoms with Crippen LogP contribution in [-0.2, 0) is 28.7 Å². The number of aromatic nitrogens is 7. The van der Waals surface area contributed by atoms with Gasteiger partial charge in [0.15, 0.2) is 17.3 Å². The standard InChI is InChI=1S/C27H27ClF3N7O4/c1-4-42-23(39)11-10-22-32-35-36-37(22)14-15-12-18(17-6-5-7-21(40-2)24(17)41-3)19-13-16(28)8-9-20(19)38-25(15)33-34-26(38)27(29,30)31/h5-9,13,15,18H,4,10-12,14H2,1-3H3/t15-,18-/m1/s1. The molecule has 0 saturated carbocycles. The van der Waals surface area contributed by atoms with E-state index in [9.17, 15) is 18.0 Å². The monoisotopic (exact) mass is 605 g/mol. The zero-order chi connectivity index (χ0) is 30.0. The van der Waals surface area contributed by atoms with Gasteiger partial charge in [0, 0.05) is 28.8 Å². The van der Waals surface area contributed by atoms with Crippen molar-refractivity contribution in [1.82, 2.24) is 35.0 Å². The van der Waals surface area contributed by atoms with Gasteiger partial charge in [-0.1, -0.05) is 23.7 Å². The van der Waals surface area contributed by atoms with Crippen LogP contribution < -0.4 is 9.47 Å². The largest absolute Gasteiger partial charge is 0.493 e. The number of ether oxygens (including phenoxy) is 3.